The molecule has 0 radical (unpaired) electrons. The van der Waals surface area contributed by atoms with Crippen molar-refractivity contribution in [2.24, 2.45) is 0 Å². The van der Waals surface area contributed by atoms with Gasteiger partial charge in [0.15, 0.2) is 5.82 Å². The van der Waals surface area contributed by atoms with Crippen molar-refractivity contribution in [1.82, 2.24) is 24.6 Å². The van der Waals surface area contributed by atoms with E-state index in [1.807, 2.05) is 0 Å². The van der Waals surface area contributed by atoms with Gasteiger partial charge < -0.3 is 0 Å². The van der Waals surface area contributed by atoms with Crippen LogP contribution in [0.3, 0.4) is 0 Å². The Bertz CT molecular complexity index is 966. The molecule has 1 saturated heterocycles. The van der Waals surface area contributed by atoms with Gasteiger partial charge in [-0.25, -0.2) is 9.67 Å². The molecular formula is C18H19BrN6O2S. The summed E-state index contributed by atoms with van der Waals surface area (Å²) in [5.41, 5.74) is 0.697. The van der Waals surface area contributed by atoms with Gasteiger partial charge in [-0.1, -0.05) is 12.1 Å². The van der Waals surface area contributed by atoms with Gasteiger partial charge in [-0.3, -0.25) is 19.9 Å². The second-order valence-electron chi connectivity index (χ2n) is 6.66. The number of benzene rings is 1. The van der Waals surface area contributed by atoms with Gasteiger partial charge in [0.25, 0.3) is 5.69 Å². The second-order valence-corrected chi connectivity index (χ2v) is 9.20. The molecule has 28 heavy (non-hydrogen) atoms. The lowest BCUT2D eigenvalue weighted by Gasteiger charge is -2.34. The van der Waals surface area contributed by atoms with Crippen molar-refractivity contribution in [3.63, 3.8) is 0 Å². The Balaban J connectivity index is 1.32. The topological polar surface area (TPSA) is 80.3 Å². The van der Waals surface area contributed by atoms with E-state index in [1.165, 1.54) is 20.8 Å². The van der Waals surface area contributed by atoms with Crippen LogP contribution in [0.4, 0.5) is 5.69 Å². The molecule has 8 nitrogen and oxygen atoms in total. The lowest BCUT2D eigenvalue weighted by molar-refractivity contribution is -0.384. The molecule has 1 aromatic carbocycles. The number of nitro groups is 1. The minimum atomic E-state index is -0.408. The van der Waals surface area contributed by atoms with Gasteiger partial charge in [0.05, 0.1) is 15.4 Å². The van der Waals surface area contributed by atoms with Crippen LogP contribution < -0.4 is 0 Å². The fraction of sp³-hybridized carbons (Fsp3) is 0.333. The van der Waals surface area contributed by atoms with Crippen LogP contribution in [0.15, 0.2) is 46.5 Å². The maximum Gasteiger partial charge on any atom is 0.270 e. The van der Waals surface area contributed by atoms with E-state index in [9.17, 15) is 10.1 Å². The van der Waals surface area contributed by atoms with Crippen LogP contribution in [0.25, 0.3) is 11.4 Å². The van der Waals surface area contributed by atoms with Gasteiger partial charge in [0, 0.05) is 55.3 Å². The fourth-order valence-corrected chi connectivity index (χ4v) is 4.73. The first-order valence-electron chi connectivity index (χ1n) is 8.90. The van der Waals surface area contributed by atoms with Crippen molar-refractivity contribution in [2.75, 3.05) is 26.2 Å². The largest absolute Gasteiger partial charge is 0.296 e. The van der Waals surface area contributed by atoms with E-state index in [0.717, 1.165) is 32.7 Å². The summed E-state index contributed by atoms with van der Waals surface area (Å²) in [7, 11) is 0. The Hall–Kier alpha value is -2.14. The van der Waals surface area contributed by atoms with Crippen molar-refractivity contribution in [2.45, 2.75) is 13.2 Å². The average Bonchev–Trinajstić information content (AvgIpc) is 3.32. The van der Waals surface area contributed by atoms with Crippen LogP contribution >= 0.6 is 27.3 Å². The monoisotopic (exact) mass is 462 g/mol. The smallest absolute Gasteiger partial charge is 0.270 e. The van der Waals surface area contributed by atoms with Crippen molar-refractivity contribution in [3.05, 3.63) is 61.5 Å². The third-order valence-electron chi connectivity index (χ3n) is 4.67. The zero-order valence-electron chi connectivity index (χ0n) is 15.1. The van der Waals surface area contributed by atoms with Gasteiger partial charge in [0.2, 0.25) is 0 Å². The minimum absolute atomic E-state index is 0.0442. The Morgan fingerprint density at radius 1 is 1.14 bits per heavy atom. The molecular weight excluding hydrogens is 444 g/mol. The van der Waals surface area contributed by atoms with Crippen molar-refractivity contribution in [3.8, 4) is 11.4 Å². The van der Waals surface area contributed by atoms with Crippen LogP contribution in [0.1, 0.15) is 4.88 Å². The van der Waals surface area contributed by atoms with Crippen LogP contribution in [-0.4, -0.2) is 55.7 Å². The van der Waals surface area contributed by atoms with Gasteiger partial charge in [-0.2, -0.15) is 0 Å². The molecule has 0 amide bonds. The standard InChI is InChI=1S/C18H19BrN6O2S/c19-17-5-4-16(28-17)11-22-6-8-23(9-7-22)13-24-12-20-18(21-24)14-2-1-3-15(10-14)25(26)27/h1-5,10,12H,6-9,11,13H2. The number of nitrogens with zero attached hydrogens (tertiary/aromatic N) is 6. The van der Waals surface area contributed by atoms with E-state index < -0.39 is 4.92 Å². The summed E-state index contributed by atoms with van der Waals surface area (Å²) in [5, 5.41) is 15.4. The number of thiophene rings is 1. The summed E-state index contributed by atoms with van der Waals surface area (Å²) in [5.74, 6) is 0.505. The summed E-state index contributed by atoms with van der Waals surface area (Å²) in [6.45, 7) is 5.63. The second kappa shape index (κ2) is 8.48. The van der Waals surface area contributed by atoms with E-state index in [0.29, 0.717) is 18.1 Å². The van der Waals surface area contributed by atoms with Crippen molar-refractivity contribution < 1.29 is 4.92 Å². The van der Waals surface area contributed by atoms with Crippen LogP contribution in [0.5, 0.6) is 0 Å². The third-order valence-corrected chi connectivity index (χ3v) is 6.28. The molecule has 0 bridgehead atoms. The van der Waals surface area contributed by atoms with E-state index in [-0.39, 0.29) is 5.69 Å². The number of hydrogen-bond donors (Lipinski definition) is 0. The van der Waals surface area contributed by atoms with Gasteiger partial charge in [-0.15, -0.1) is 16.4 Å². The Morgan fingerprint density at radius 3 is 2.64 bits per heavy atom. The maximum atomic E-state index is 10.9. The van der Waals surface area contributed by atoms with Crippen molar-refractivity contribution >= 4 is 33.0 Å². The quantitative estimate of drug-likeness (QED) is 0.412. The summed E-state index contributed by atoms with van der Waals surface area (Å²) in [6, 6.07) is 10.7. The predicted molar refractivity (Wildman–Crippen MR) is 111 cm³/mol. The predicted octanol–water partition coefficient (Wildman–Crippen LogP) is 3.45. The van der Waals surface area contributed by atoms with Gasteiger partial charge in [-0.05, 0) is 28.1 Å². The molecule has 3 heterocycles. The zero-order chi connectivity index (χ0) is 19.5. The summed E-state index contributed by atoms with van der Waals surface area (Å²) >= 11 is 5.30. The highest BCUT2D eigenvalue weighted by Gasteiger charge is 2.18. The zero-order valence-corrected chi connectivity index (χ0v) is 17.5. The molecule has 3 aromatic rings. The van der Waals surface area contributed by atoms with E-state index in [2.05, 4.69) is 47.9 Å². The van der Waals surface area contributed by atoms with Crippen LogP contribution in [-0.2, 0) is 13.2 Å². The Labute approximate surface area is 174 Å². The van der Waals surface area contributed by atoms with E-state index >= 15 is 0 Å². The summed E-state index contributed by atoms with van der Waals surface area (Å²) < 4.78 is 2.96. The van der Waals surface area contributed by atoms with Crippen LogP contribution in [0.2, 0.25) is 0 Å². The minimum Gasteiger partial charge on any atom is -0.296 e. The molecule has 1 fully saturated rings. The van der Waals surface area contributed by atoms with Crippen molar-refractivity contribution in [1.29, 1.82) is 0 Å². The lowest BCUT2D eigenvalue weighted by Crippen LogP contribution is -2.46. The number of rotatable bonds is 6. The molecule has 0 unspecified atom stereocenters. The number of piperazine rings is 1. The molecule has 4 rings (SSSR count). The molecule has 10 heteroatoms. The SMILES string of the molecule is O=[N+]([O-])c1cccc(-c2ncn(CN3CCN(Cc4ccc(Br)s4)CC3)n2)c1. The summed E-state index contributed by atoms with van der Waals surface area (Å²) in [4.78, 5) is 21.0. The summed E-state index contributed by atoms with van der Waals surface area (Å²) in [6.07, 6.45) is 1.68. The number of halogens is 1. The first-order chi connectivity index (χ1) is 13.6. The number of hydrogen-bond acceptors (Lipinski definition) is 7. The maximum absolute atomic E-state index is 10.9. The first-order valence-corrected chi connectivity index (χ1v) is 10.5. The third kappa shape index (κ3) is 4.64. The molecule has 146 valence electrons. The lowest BCUT2D eigenvalue weighted by atomic mass is 10.2. The normalized spacial score (nSPS) is 15.8. The Morgan fingerprint density at radius 2 is 1.93 bits per heavy atom. The number of aromatic nitrogens is 3. The molecule has 0 spiro atoms. The highest BCUT2D eigenvalue weighted by molar-refractivity contribution is 9.11. The number of non-ortho nitro benzene ring substituents is 1. The van der Waals surface area contributed by atoms with E-state index in [4.69, 9.17) is 0 Å². The molecule has 2 aromatic heterocycles. The van der Waals surface area contributed by atoms with Gasteiger partial charge in [0.1, 0.15) is 6.33 Å². The fourth-order valence-electron chi connectivity index (χ4n) is 3.20. The number of nitro benzene ring substituents is 1. The molecule has 0 atom stereocenters. The molecule has 0 saturated carbocycles. The molecule has 1 aliphatic heterocycles. The highest BCUT2D eigenvalue weighted by Crippen LogP contribution is 2.24. The molecule has 0 N–H and O–H groups in total. The van der Waals surface area contributed by atoms with Gasteiger partial charge >= 0.3 is 0 Å². The first kappa shape index (κ1) is 19.2. The molecule has 0 aliphatic carbocycles. The van der Waals surface area contributed by atoms with E-state index in [1.54, 1.807) is 34.5 Å². The highest BCUT2D eigenvalue weighted by atomic mass is 79.9. The Kier molecular flexibility index (Phi) is 5.81. The molecule has 1 aliphatic rings. The van der Waals surface area contributed by atoms with Crippen LogP contribution in [0, 0.1) is 10.1 Å². The average molecular weight is 463 g/mol.